The number of esters is 1. The number of hydrogen-bond acceptors (Lipinski definition) is 6. The first-order chi connectivity index (χ1) is 15.4. The minimum absolute atomic E-state index is 0.104. The first kappa shape index (κ1) is 23.3. The van der Waals surface area contributed by atoms with Crippen LogP contribution in [-0.4, -0.2) is 28.5 Å². The van der Waals surface area contributed by atoms with E-state index >= 15 is 0 Å². The van der Waals surface area contributed by atoms with Gasteiger partial charge in [-0.15, -0.1) is 0 Å². The van der Waals surface area contributed by atoms with Gasteiger partial charge in [0, 0.05) is 22.2 Å². The number of nitrogens with zero attached hydrogens (tertiary/aromatic N) is 1. The van der Waals surface area contributed by atoms with Crippen LogP contribution in [0.4, 0.5) is 5.69 Å². The van der Waals surface area contributed by atoms with Crippen LogP contribution in [0.25, 0.3) is 0 Å². The largest absolute Gasteiger partial charge is 0.462 e. The van der Waals surface area contributed by atoms with Gasteiger partial charge >= 0.3 is 5.97 Å². The molecule has 1 atom stereocenters. The van der Waals surface area contributed by atoms with Gasteiger partial charge < -0.3 is 15.0 Å². The van der Waals surface area contributed by atoms with Crippen molar-refractivity contribution in [3.8, 4) is 0 Å². The third-order valence-electron chi connectivity index (χ3n) is 4.78. The summed E-state index contributed by atoms with van der Waals surface area (Å²) in [7, 11) is 0. The molecule has 0 radical (unpaired) electrons. The summed E-state index contributed by atoms with van der Waals surface area (Å²) in [5.41, 5.74) is 2.57. The Balaban J connectivity index is 1.65. The smallest absolute Gasteiger partial charge is 0.338 e. The fraction of sp³-hybridized carbons (Fsp3) is 0.250. The highest BCUT2D eigenvalue weighted by atomic mass is 32.2. The van der Waals surface area contributed by atoms with Crippen LogP contribution >= 0.6 is 11.8 Å². The lowest BCUT2D eigenvalue weighted by molar-refractivity contribution is -0.115. The molecule has 8 heteroatoms. The Morgan fingerprint density at radius 1 is 1.12 bits per heavy atom. The zero-order valence-corrected chi connectivity index (χ0v) is 19.0. The summed E-state index contributed by atoms with van der Waals surface area (Å²) in [4.78, 5) is 44.1. The molecular formula is C24H25N3O4S. The van der Waals surface area contributed by atoms with E-state index in [4.69, 9.17) is 4.74 Å². The number of aryl methyl sites for hydroxylation is 1. The number of carbonyl (C=O) groups excluding carboxylic acids is 2. The Kier molecular flexibility index (Phi) is 7.83. The van der Waals surface area contributed by atoms with Crippen LogP contribution in [0.15, 0.2) is 64.5 Å². The molecule has 1 amide bonds. The summed E-state index contributed by atoms with van der Waals surface area (Å²) in [6, 6.07) is 16.3. The van der Waals surface area contributed by atoms with Crippen molar-refractivity contribution in [2.75, 3.05) is 11.9 Å². The van der Waals surface area contributed by atoms with Gasteiger partial charge in [-0.2, -0.15) is 0 Å². The van der Waals surface area contributed by atoms with Gasteiger partial charge in [-0.25, -0.2) is 9.78 Å². The first-order valence-corrected chi connectivity index (χ1v) is 11.1. The third-order valence-corrected chi connectivity index (χ3v) is 5.82. The summed E-state index contributed by atoms with van der Waals surface area (Å²) >= 11 is 1.46. The molecule has 0 saturated carbocycles. The highest BCUT2D eigenvalue weighted by molar-refractivity contribution is 7.99. The van der Waals surface area contributed by atoms with E-state index in [0.717, 1.165) is 5.56 Å². The van der Waals surface area contributed by atoms with Crippen LogP contribution in [0.3, 0.4) is 0 Å². The van der Waals surface area contributed by atoms with Crippen molar-refractivity contribution >= 4 is 29.3 Å². The summed E-state index contributed by atoms with van der Waals surface area (Å²) in [5.74, 6) is -0.763. The number of nitrogens with one attached hydrogen (secondary N) is 2. The highest BCUT2D eigenvalue weighted by Crippen LogP contribution is 2.32. The van der Waals surface area contributed by atoms with Gasteiger partial charge in [-0.1, -0.05) is 42.1 Å². The van der Waals surface area contributed by atoms with E-state index in [-0.39, 0.29) is 23.1 Å². The van der Waals surface area contributed by atoms with Crippen molar-refractivity contribution in [3.05, 3.63) is 87.3 Å². The number of aromatic amines is 1. The van der Waals surface area contributed by atoms with Crippen molar-refractivity contribution in [1.29, 1.82) is 0 Å². The monoisotopic (exact) mass is 451 g/mol. The second kappa shape index (κ2) is 10.8. The maximum absolute atomic E-state index is 12.6. The summed E-state index contributed by atoms with van der Waals surface area (Å²) < 4.78 is 4.94. The van der Waals surface area contributed by atoms with Crippen LogP contribution < -0.4 is 10.9 Å². The Hall–Kier alpha value is -3.39. The third kappa shape index (κ3) is 6.07. The predicted molar refractivity (Wildman–Crippen MR) is 125 cm³/mol. The highest BCUT2D eigenvalue weighted by Gasteiger charge is 2.15. The molecule has 7 nitrogen and oxygen atoms in total. The molecule has 0 aliphatic rings. The van der Waals surface area contributed by atoms with Gasteiger partial charge in [-0.3, -0.25) is 9.59 Å². The van der Waals surface area contributed by atoms with E-state index in [0.29, 0.717) is 34.3 Å². The summed E-state index contributed by atoms with van der Waals surface area (Å²) in [6.45, 7) is 5.80. The molecule has 0 saturated heterocycles. The van der Waals surface area contributed by atoms with Crippen LogP contribution in [0.1, 0.15) is 46.3 Å². The van der Waals surface area contributed by atoms with Crippen molar-refractivity contribution in [2.24, 2.45) is 0 Å². The number of aromatic nitrogens is 2. The molecule has 1 unspecified atom stereocenters. The van der Waals surface area contributed by atoms with E-state index in [1.54, 1.807) is 38.1 Å². The molecular weight excluding hydrogens is 426 g/mol. The average Bonchev–Trinajstić information content (AvgIpc) is 2.77. The Morgan fingerprint density at radius 2 is 1.81 bits per heavy atom. The van der Waals surface area contributed by atoms with E-state index in [2.05, 4.69) is 15.3 Å². The standard InChI is InChI=1S/C24H25N3O4S/c1-4-31-23(30)18-10-12-19(13-11-18)26-21(28)14-20-15(2)25-24(27-22(20)29)32-16(3)17-8-6-5-7-9-17/h5-13,16H,4,14H2,1-3H3,(H,26,28)(H,25,27,29). The van der Waals surface area contributed by atoms with Gasteiger partial charge in [0.2, 0.25) is 5.91 Å². The number of H-pyrrole nitrogens is 1. The van der Waals surface area contributed by atoms with E-state index < -0.39 is 5.97 Å². The second-order valence-corrected chi connectivity index (χ2v) is 8.46. The molecule has 3 rings (SSSR count). The molecule has 1 heterocycles. The lowest BCUT2D eigenvalue weighted by Crippen LogP contribution is -2.24. The fourth-order valence-corrected chi connectivity index (χ4v) is 4.05. The van der Waals surface area contributed by atoms with Crippen molar-refractivity contribution in [1.82, 2.24) is 9.97 Å². The molecule has 2 aromatic carbocycles. The van der Waals surface area contributed by atoms with Gasteiger partial charge in [0.15, 0.2) is 5.16 Å². The van der Waals surface area contributed by atoms with Gasteiger partial charge in [-0.05, 0) is 50.6 Å². The molecule has 3 aromatic rings. The normalized spacial score (nSPS) is 11.6. The summed E-state index contributed by atoms with van der Waals surface area (Å²) in [5, 5.41) is 3.37. The van der Waals surface area contributed by atoms with Gasteiger partial charge in [0.05, 0.1) is 18.6 Å². The van der Waals surface area contributed by atoms with Crippen molar-refractivity contribution in [2.45, 2.75) is 37.6 Å². The fourth-order valence-electron chi connectivity index (χ4n) is 3.08. The molecule has 166 valence electrons. The van der Waals surface area contributed by atoms with E-state index in [1.165, 1.54) is 11.8 Å². The number of amides is 1. The van der Waals surface area contributed by atoms with Gasteiger partial charge in [0.1, 0.15) is 0 Å². The average molecular weight is 452 g/mol. The lowest BCUT2D eigenvalue weighted by Gasteiger charge is -2.12. The first-order valence-electron chi connectivity index (χ1n) is 10.3. The Labute approximate surface area is 190 Å². The number of benzene rings is 2. The van der Waals surface area contributed by atoms with Gasteiger partial charge in [0.25, 0.3) is 5.56 Å². The minimum atomic E-state index is -0.418. The van der Waals surface area contributed by atoms with E-state index in [9.17, 15) is 14.4 Å². The molecule has 0 aliphatic heterocycles. The molecule has 2 N–H and O–H groups in total. The number of hydrogen-bond donors (Lipinski definition) is 2. The molecule has 1 aromatic heterocycles. The van der Waals surface area contributed by atoms with Crippen LogP contribution in [0, 0.1) is 6.92 Å². The number of thioether (sulfide) groups is 1. The number of anilines is 1. The SMILES string of the molecule is CCOC(=O)c1ccc(NC(=O)Cc2c(C)nc(SC(C)c3ccccc3)[nH]c2=O)cc1. The molecule has 32 heavy (non-hydrogen) atoms. The van der Waals surface area contributed by atoms with Crippen molar-refractivity contribution in [3.63, 3.8) is 0 Å². The zero-order valence-electron chi connectivity index (χ0n) is 18.2. The van der Waals surface area contributed by atoms with Crippen LogP contribution in [-0.2, 0) is 16.0 Å². The van der Waals surface area contributed by atoms with Crippen molar-refractivity contribution < 1.29 is 14.3 Å². The quantitative estimate of drug-likeness (QED) is 0.301. The number of carbonyl (C=O) groups is 2. The van der Waals surface area contributed by atoms with E-state index in [1.807, 2.05) is 37.3 Å². The Bertz CT molecular complexity index is 1140. The number of rotatable bonds is 8. The maximum atomic E-state index is 12.6. The Morgan fingerprint density at radius 3 is 2.44 bits per heavy atom. The summed E-state index contributed by atoms with van der Waals surface area (Å²) in [6.07, 6.45) is -0.104. The lowest BCUT2D eigenvalue weighted by atomic mass is 10.1. The topological polar surface area (TPSA) is 101 Å². The van der Waals surface area contributed by atoms with Crippen LogP contribution in [0.2, 0.25) is 0 Å². The predicted octanol–water partition coefficient (Wildman–Crippen LogP) is 4.29. The zero-order chi connectivity index (χ0) is 23.1. The maximum Gasteiger partial charge on any atom is 0.338 e. The molecule has 0 aliphatic carbocycles. The van der Waals surface area contributed by atoms with Crippen LogP contribution in [0.5, 0.6) is 0 Å². The molecule has 0 fully saturated rings. The minimum Gasteiger partial charge on any atom is -0.462 e. The molecule has 0 bridgehead atoms. The molecule has 0 spiro atoms. The second-order valence-electron chi connectivity index (χ2n) is 7.13. The number of ether oxygens (including phenoxy) is 1.